The number of anilines is 2. The zero-order valence-corrected chi connectivity index (χ0v) is 22.4. The van der Waals surface area contributed by atoms with Gasteiger partial charge in [-0.3, -0.25) is 9.59 Å². The Morgan fingerprint density at radius 3 is 2.51 bits per heavy atom. The predicted octanol–water partition coefficient (Wildman–Crippen LogP) is 6.78. The van der Waals surface area contributed by atoms with Crippen molar-refractivity contribution in [3.63, 3.8) is 0 Å². The molecular weight excluding hydrogens is 500 g/mol. The van der Waals surface area contributed by atoms with Gasteiger partial charge in [-0.2, -0.15) is 0 Å². The Balaban J connectivity index is 1.43. The number of thiazole rings is 1. The molecule has 4 aromatic rings. The van der Waals surface area contributed by atoms with Crippen LogP contribution in [-0.2, 0) is 6.54 Å². The number of aryl methyl sites for hydroxylation is 1. The second kappa shape index (κ2) is 10.7. The lowest BCUT2D eigenvalue weighted by Crippen LogP contribution is -2.25. The van der Waals surface area contributed by atoms with Crippen LogP contribution in [0.5, 0.6) is 0 Å². The van der Waals surface area contributed by atoms with Gasteiger partial charge in [0.1, 0.15) is 10.6 Å². The van der Waals surface area contributed by atoms with Crippen LogP contribution in [0.3, 0.4) is 0 Å². The third-order valence-electron chi connectivity index (χ3n) is 6.04. The van der Waals surface area contributed by atoms with Crippen LogP contribution in [0, 0.1) is 6.92 Å². The molecule has 0 radical (unpaired) electrons. The highest BCUT2D eigenvalue weighted by Crippen LogP contribution is 2.38. The Kier molecular flexibility index (Phi) is 7.21. The first kappa shape index (κ1) is 24.9. The Hall–Kier alpha value is -3.75. The van der Waals surface area contributed by atoms with Crippen LogP contribution < -0.4 is 16.0 Å². The third kappa shape index (κ3) is 5.98. The van der Waals surface area contributed by atoms with Crippen molar-refractivity contribution in [2.75, 3.05) is 5.32 Å². The number of allylic oxidation sites excluding steroid dienone is 1. The molecule has 1 aliphatic rings. The topological polar surface area (TPSA) is 83.1 Å². The average Bonchev–Trinajstić information content (AvgIpc) is 3.39. The number of benzene rings is 2. The Morgan fingerprint density at radius 2 is 1.81 bits per heavy atom. The molecule has 2 heterocycles. The standard InChI is InChI=1S/C29H28N4O2S2/c1-17(2)23-13-14-24(36-23)25-26(28(35)30-16-19-7-5-4-6-8-19)37-29(33-25)32-22-15-20(10-9-18(22)3)27(34)31-21-11-12-21/h4-10,13-15,21H,1,11-12,16H2,2-3H3,(H,30,35)(H,31,34)(H,32,33). The number of hydrogen-bond donors (Lipinski definition) is 3. The van der Waals surface area contributed by atoms with Crippen molar-refractivity contribution in [1.29, 1.82) is 0 Å². The SMILES string of the molecule is C=C(C)c1ccc(-c2nc(Nc3cc(C(=O)NC4CC4)ccc3C)sc2C(=O)NCc2ccccc2)s1. The van der Waals surface area contributed by atoms with Crippen LogP contribution in [0.25, 0.3) is 16.1 Å². The van der Waals surface area contributed by atoms with Gasteiger partial charge in [0.05, 0.1) is 4.88 Å². The van der Waals surface area contributed by atoms with E-state index < -0.39 is 0 Å². The summed E-state index contributed by atoms with van der Waals surface area (Å²) in [4.78, 5) is 33.2. The summed E-state index contributed by atoms with van der Waals surface area (Å²) >= 11 is 2.87. The third-order valence-corrected chi connectivity index (χ3v) is 8.27. The van der Waals surface area contributed by atoms with Gasteiger partial charge in [0.15, 0.2) is 5.13 Å². The fourth-order valence-corrected chi connectivity index (χ4v) is 5.66. The van der Waals surface area contributed by atoms with Gasteiger partial charge < -0.3 is 16.0 Å². The number of nitrogens with zero attached hydrogens (tertiary/aromatic N) is 1. The predicted molar refractivity (Wildman–Crippen MR) is 153 cm³/mol. The molecule has 188 valence electrons. The zero-order chi connectivity index (χ0) is 25.9. The van der Waals surface area contributed by atoms with E-state index >= 15 is 0 Å². The minimum Gasteiger partial charge on any atom is -0.349 e. The van der Waals surface area contributed by atoms with Crippen molar-refractivity contribution in [2.24, 2.45) is 0 Å². The highest BCUT2D eigenvalue weighted by Gasteiger charge is 2.25. The summed E-state index contributed by atoms with van der Waals surface area (Å²) in [6.07, 6.45) is 2.07. The molecule has 0 spiro atoms. The number of hydrogen-bond acceptors (Lipinski definition) is 6. The number of carbonyl (C=O) groups is 2. The van der Waals surface area contributed by atoms with Gasteiger partial charge in [0.2, 0.25) is 0 Å². The maximum atomic E-state index is 13.3. The molecule has 8 heteroatoms. The molecule has 37 heavy (non-hydrogen) atoms. The Morgan fingerprint density at radius 1 is 1.03 bits per heavy atom. The van der Waals surface area contributed by atoms with E-state index in [-0.39, 0.29) is 11.8 Å². The first-order valence-electron chi connectivity index (χ1n) is 12.1. The number of amides is 2. The van der Waals surface area contributed by atoms with Crippen molar-refractivity contribution in [1.82, 2.24) is 15.6 Å². The second-order valence-corrected chi connectivity index (χ2v) is 11.3. The summed E-state index contributed by atoms with van der Waals surface area (Å²) in [6.45, 7) is 8.41. The molecule has 1 saturated carbocycles. The van der Waals surface area contributed by atoms with E-state index in [1.54, 1.807) is 11.3 Å². The molecule has 5 rings (SSSR count). The first-order chi connectivity index (χ1) is 17.9. The molecule has 1 aliphatic carbocycles. The Bertz CT molecular complexity index is 1470. The number of rotatable bonds is 9. The van der Waals surface area contributed by atoms with Gasteiger partial charge in [0.25, 0.3) is 11.8 Å². The van der Waals surface area contributed by atoms with Gasteiger partial charge in [-0.25, -0.2) is 4.98 Å². The second-order valence-electron chi connectivity index (χ2n) is 9.21. The number of nitrogens with one attached hydrogen (secondary N) is 3. The Labute approximate surface area is 224 Å². The van der Waals surface area contributed by atoms with Crippen LogP contribution in [0.2, 0.25) is 0 Å². The molecule has 0 aliphatic heterocycles. The fraction of sp³-hybridized carbons (Fsp3) is 0.207. The highest BCUT2D eigenvalue weighted by atomic mass is 32.1. The van der Waals surface area contributed by atoms with Crippen molar-refractivity contribution >= 4 is 50.9 Å². The van der Waals surface area contributed by atoms with E-state index in [0.717, 1.165) is 45.0 Å². The quantitative estimate of drug-likeness (QED) is 0.224. The molecule has 2 amide bonds. The summed E-state index contributed by atoms with van der Waals surface area (Å²) in [5, 5.41) is 10.0. The van der Waals surface area contributed by atoms with Gasteiger partial charge >= 0.3 is 0 Å². The largest absolute Gasteiger partial charge is 0.349 e. The molecule has 0 bridgehead atoms. The fourth-order valence-electron chi connectivity index (χ4n) is 3.76. The molecule has 0 unspecified atom stereocenters. The molecule has 6 nitrogen and oxygen atoms in total. The smallest absolute Gasteiger partial charge is 0.264 e. The van der Waals surface area contributed by atoms with E-state index in [1.165, 1.54) is 11.3 Å². The van der Waals surface area contributed by atoms with Crippen molar-refractivity contribution < 1.29 is 9.59 Å². The normalized spacial score (nSPS) is 12.7. The molecule has 3 N–H and O–H groups in total. The number of thiophene rings is 1. The lowest BCUT2D eigenvalue weighted by atomic mass is 10.1. The molecule has 2 aromatic heterocycles. The van der Waals surface area contributed by atoms with Crippen LogP contribution >= 0.6 is 22.7 Å². The van der Waals surface area contributed by atoms with Crippen LogP contribution in [-0.4, -0.2) is 22.8 Å². The maximum absolute atomic E-state index is 13.3. The summed E-state index contributed by atoms with van der Waals surface area (Å²) < 4.78 is 0. The monoisotopic (exact) mass is 528 g/mol. The lowest BCUT2D eigenvalue weighted by molar-refractivity contribution is 0.0944. The summed E-state index contributed by atoms with van der Waals surface area (Å²) in [6, 6.07) is 19.7. The van der Waals surface area contributed by atoms with E-state index in [9.17, 15) is 9.59 Å². The van der Waals surface area contributed by atoms with Gasteiger partial charge in [-0.1, -0.05) is 54.3 Å². The summed E-state index contributed by atoms with van der Waals surface area (Å²) in [5.41, 5.74) is 5.00. The van der Waals surface area contributed by atoms with Gasteiger partial charge in [0, 0.05) is 28.7 Å². The van der Waals surface area contributed by atoms with Crippen molar-refractivity contribution in [3.05, 3.63) is 93.7 Å². The molecular formula is C29H28N4O2S2. The van der Waals surface area contributed by atoms with Crippen LogP contribution in [0.4, 0.5) is 10.8 Å². The van der Waals surface area contributed by atoms with E-state index in [2.05, 4.69) is 22.5 Å². The summed E-state index contributed by atoms with van der Waals surface area (Å²) in [5.74, 6) is -0.249. The minimum atomic E-state index is -0.177. The summed E-state index contributed by atoms with van der Waals surface area (Å²) in [7, 11) is 0. The van der Waals surface area contributed by atoms with Gasteiger partial charge in [-0.15, -0.1) is 11.3 Å². The minimum absolute atomic E-state index is 0.0720. The van der Waals surface area contributed by atoms with Crippen LogP contribution in [0.1, 0.15) is 55.8 Å². The maximum Gasteiger partial charge on any atom is 0.264 e. The number of aromatic nitrogens is 1. The molecule has 0 atom stereocenters. The molecule has 0 saturated heterocycles. The lowest BCUT2D eigenvalue weighted by Gasteiger charge is -2.10. The van der Waals surface area contributed by atoms with E-state index in [1.807, 2.05) is 74.5 Å². The van der Waals surface area contributed by atoms with Crippen molar-refractivity contribution in [2.45, 2.75) is 39.3 Å². The van der Waals surface area contributed by atoms with Crippen LogP contribution in [0.15, 0.2) is 67.2 Å². The van der Waals surface area contributed by atoms with Crippen molar-refractivity contribution in [3.8, 4) is 10.6 Å². The van der Waals surface area contributed by atoms with E-state index in [0.29, 0.717) is 33.9 Å². The zero-order valence-electron chi connectivity index (χ0n) is 20.8. The van der Waals surface area contributed by atoms with Gasteiger partial charge in [-0.05, 0) is 67.7 Å². The molecule has 1 fully saturated rings. The molecule has 2 aromatic carbocycles. The average molecular weight is 529 g/mol. The first-order valence-corrected chi connectivity index (χ1v) is 13.8. The highest BCUT2D eigenvalue weighted by molar-refractivity contribution is 7.19. The van der Waals surface area contributed by atoms with E-state index in [4.69, 9.17) is 4.98 Å². The number of carbonyl (C=O) groups excluding carboxylic acids is 2.